The third-order valence-electron chi connectivity index (χ3n) is 9.39. The minimum Gasteiger partial charge on any atom is -0.508 e. The van der Waals surface area contributed by atoms with Crippen LogP contribution >= 0.6 is 0 Å². The van der Waals surface area contributed by atoms with Gasteiger partial charge in [0.15, 0.2) is 23.0 Å². The molecule has 0 spiro atoms. The molecule has 5 rings (SSSR count). The first-order chi connectivity index (χ1) is 22.7. The van der Waals surface area contributed by atoms with Crippen molar-refractivity contribution in [3.8, 4) is 34.5 Å². The van der Waals surface area contributed by atoms with Gasteiger partial charge in [0.25, 0.3) is 0 Å². The molecule has 0 saturated heterocycles. The summed E-state index contributed by atoms with van der Waals surface area (Å²) in [5, 5.41) is 52.6. The molecule has 0 unspecified atom stereocenters. The quantitative estimate of drug-likeness (QED) is 0.0847. The van der Waals surface area contributed by atoms with Crippen molar-refractivity contribution in [2.75, 3.05) is 7.11 Å². The normalized spacial score (nSPS) is 15.2. The van der Waals surface area contributed by atoms with Crippen LogP contribution in [0.25, 0.3) is 0 Å². The van der Waals surface area contributed by atoms with Crippen LogP contribution in [0.5, 0.6) is 34.5 Å². The number of aryl methyl sites for hydroxylation is 1. The summed E-state index contributed by atoms with van der Waals surface area (Å²) >= 11 is 0. The van der Waals surface area contributed by atoms with Crippen LogP contribution in [-0.2, 0) is 23.2 Å². The molecule has 0 amide bonds. The highest BCUT2D eigenvalue weighted by molar-refractivity contribution is 5.79. The number of phenolic OH excluding ortho intramolecular Hbond substituents is 4. The lowest BCUT2D eigenvalue weighted by atomic mass is 9.70. The third-order valence-corrected chi connectivity index (χ3v) is 9.39. The van der Waals surface area contributed by atoms with E-state index in [1.807, 2.05) is 18.2 Å². The Kier molecular flexibility index (Phi) is 10.9. The molecule has 1 saturated carbocycles. The largest absolute Gasteiger partial charge is 0.508 e. The van der Waals surface area contributed by atoms with Gasteiger partial charge < -0.3 is 35.0 Å². The first-order valence-electron chi connectivity index (χ1n) is 16.2. The Morgan fingerprint density at radius 2 is 1.60 bits per heavy atom. The smallest absolute Gasteiger partial charge is 0.200 e. The molecule has 1 aliphatic rings. The van der Waals surface area contributed by atoms with Crippen molar-refractivity contribution < 1.29 is 39.8 Å². The summed E-state index contributed by atoms with van der Waals surface area (Å²) < 4.78 is 11.1. The maximum Gasteiger partial charge on any atom is 0.200 e. The van der Waals surface area contributed by atoms with Crippen molar-refractivity contribution in [3.05, 3.63) is 107 Å². The number of phenols is 4. The van der Waals surface area contributed by atoms with E-state index in [1.54, 1.807) is 48.5 Å². The Bertz CT molecular complexity index is 1640. The molecule has 0 heterocycles. The van der Waals surface area contributed by atoms with E-state index in [-0.39, 0.29) is 71.7 Å². The standard InChI is InChI=1S/C39H44O8/c1-46-36-19-26(13-15-34(36)43)12-14-32(41)23-33(42)20-29(24-39(16-5-6-17-39)30-9-3-2-4-10-30)28-21-35(44)38(45)37(22-28)47-25-27-8-7-11-31(40)18-27/h2-4,7-11,13,15,18-19,21-22,29,33,40,42-45H,5-6,12,14,16-17,20,23-25H2,1H3/t29-,33-/m1/s1. The van der Waals surface area contributed by atoms with Crippen LogP contribution in [0.2, 0.25) is 0 Å². The highest BCUT2D eigenvalue weighted by atomic mass is 16.5. The van der Waals surface area contributed by atoms with E-state index < -0.39 is 6.10 Å². The Hall–Kier alpha value is -4.69. The number of aromatic hydroxyl groups is 4. The number of carbonyl (C=O) groups is 1. The summed E-state index contributed by atoms with van der Waals surface area (Å²) in [5.74, 6) is -0.462. The van der Waals surface area contributed by atoms with Crippen molar-refractivity contribution in [2.24, 2.45) is 0 Å². The van der Waals surface area contributed by atoms with Crippen molar-refractivity contribution in [1.82, 2.24) is 0 Å². The van der Waals surface area contributed by atoms with Crippen LogP contribution in [0.3, 0.4) is 0 Å². The molecular formula is C39H44O8. The Labute approximate surface area is 275 Å². The number of hydrogen-bond donors (Lipinski definition) is 5. The van der Waals surface area contributed by atoms with Gasteiger partial charge in [0.05, 0.1) is 13.2 Å². The SMILES string of the molecule is COc1cc(CCC(=O)C[C@H](O)C[C@H](CC2(c3ccccc3)CCCC2)c2cc(O)c(O)c(OCc3cccc(O)c3)c2)ccc1O. The van der Waals surface area contributed by atoms with E-state index in [0.29, 0.717) is 29.7 Å². The molecule has 5 N–H and O–H groups in total. The number of ketones is 1. The first-order valence-corrected chi connectivity index (χ1v) is 16.2. The van der Waals surface area contributed by atoms with Crippen LogP contribution in [0.1, 0.15) is 79.5 Å². The number of aliphatic hydroxyl groups excluding tert-OH is 1. The highest BCUT2D eigenvalue weighted by Gasteiger charge is 2.39. The number of benzene rings is 4. The number of aliphatic hydroxyl groups is 1. The van der Waals surface area contributed by atoms with Crippen molar-refractivity contribution in [1.29, 1.82) is 0 Å². The summed E-state index contributed by atoms with van der Waals surface area (Å²) in [6, 6.07) is 25.2. The van der Waals surface area contributed by atoms with Crippen LogP contribution in [0, 0.1) is 0 Å². The zero-order valence-electron chi connectivity index (χ0n) is 26.8. The van der Waals surface area contributed by atoms with Gasteiger partial charge in [0, 0.05) is 12.8 Å². The van der Waals surface area contributed by atoms with Gasteiger partial charge in [-0.3, -0.25) is 4.79 Å². The number of Topliss-reactive ketones (excluding diaryl/α,β-unsaturated/α-hetero) is 1. The second kappa shape index (κ2) is 15.3. The van der Waals surface area contributed by atoms with Crippen molar-refractivity contribution in [3.63, 3.8) is 0 Å². The lowest BCUT2D eigenvalue weighted by molar-refractivity contribution is -0.121. The molecule has 1 aliphatic carbocycles. The average molecular weight is 641 g/mol. The minimum absolute atomic E-state index is 0.0189. The molecule has 4 aromatic carbocycles. The molecule has 0 aliphatic heterocycles. The summed E-state index contributed by atoms with van der Waals surface area (Å²) in [5.41, 5.74) is 3.35. The summed E-state index contributed by atoms with van der Waals surface area (Å²) in [6.07, 6.45) is 4.86. The van der Waals surface area contributed by atoms with Crippen molar-refractivity contribution >= 4 is 5.78 Å². The van der Waals surface area contributed by atoms with Gasteiger partial charge in [0.1, 0.15) is 18.1 Å². The number of ether oxygens (including phenoxy) is 2. The Balaban J connectivity index is 1.37. The average Bonchev–Trinajstić information content (AvgIpc) is 3.55. The molecule has 0 radical (unpaired) electrons. The maximum atomic E-state index is 13.0. The lowest BCUT2D eigenvalue weighted by Gasteiger charge is -2.35. The van der Waals surface area contributed by atoms with Gasteiger partial charge in [-0.2, -0.15) is 0 Å². The van der Waals surface area contributed by atoms with Crippen LogP contribution in [-0.4, -0.2) is 44.5 Å². The highest BCUT2D eigenvalue weighted by Crippen LogP contribution is 2.50. The predicted molar refractivity (Wildman–Crippen MR) is 179 cm³/mol. The van der Waals surface area contributed by atoms with Gasteiger partial charge in [-0.1, -0.05) is 61.4 Å². The zero-order chi connectivity index (χ0) is 33.4. The van der Waals surface area contributed by atoms with E-state index >= 15 is 0 Å². The maximum absolute atomic E-state index is 13.0. The predicted octanol–water partition coefficient (Wildman–Crippen LogP) is 7.43. The molecule has 1 fully saturated rings. The number of carbonyl (C=O) groups excluding carboxylic acids is 1. The Morgan fingerprint density at radius 3 is 2.32 bits per heavy atom. The van der Waals surface area contributed by atoms with Crippen LogP contribution < -0.4 is 9.47 Å². The van der Waals surface area contributed by atoms with E-state index in [4.69, 9.17) is 9.47 Å². The minimum atomic E-state index is -0.927. The van der Waals surface area contributed by atoms with E-state index in [9.17, 15) is 30.3 Å². The van der Waals surface area contributed by atoms with Gasteiger partial charge >= 0.3 is 0 Å². The lowest BCUT2D eigenvalue weighted by Crippen LogP contribution is -2.27. The second-order valence-corrected chi connectivity index (χ2v) is 12.7. The fourth-order valence-electron chi connectivity index (χ4n) is 6.97. The molecular weight excluding hydrogens is 596 g/mol. The number of methoxy groups -OCH3 is 1. The first kappa shape index (κ1) is 33.7. The van der Waals surface area contributed by atoms with E-state index in [2.05, 4.69) is 12.1 Å². The van der Waals surface area contributed by atoms with E-state index in [1.165, 1.54) is 18.7 Å². The van der Waals surface area contributed by atoms with Crippen molar-refractivity contribution in [2.45, 2.75) is 81.8 Å². The van der Waals surface area contributed by atoms with Crippen LogP contribution in [0.4, 0.5) is 0 Å². The summed E-state index contributed by atoms with van der Waals surface area (Å²) in [7, 11) is 1.47. The molecule has 0 bridgehead atoms. The second-order valence-electron chi connectivity index (χ2n) is 12.7. The fourth-order valence-corrected chi connectivity index (χ4v) is 6.97. The van der Waals surface area contributed by atoms with Gasteiger partial charge in [-0.05, 0) is 102 Å². The zero-order valence-corrected chi connectivity index (χ0v) is 26.8. The number of hydrogen-bond acceptors (Lipinski definition) is 8. The molecule has 4 aromatic rings. The molecule has 0 aromatic heterocycles. The molecule has 8 heteroatoms. The van der Waals surface area contributed by atoms with E-state index in [0.717, 1.165) is 31.2 Å². The fraction of sp³-hybridized carbons (Fsp3) is 0.359. The molecule has 8 nitrogen and oxygen atoms in total. The molecule has 2 atom stereocenters. The summed E-state index contributed by atoms with van der Waals surface area (Å²) in [4.78, 5) is 13.0. The van der Waals surface area contributed by atoms with Crippen LogP contribution in [0.15, 0.2) is 84.9 Å². The topological polar surface area (TPSA) is 137 Å². The van der Waals surface area contributed by atoms with Gasteiger partial charge in [-0.15, -0.1) is 0 Å². The number of rotatable bonds is 15. The molecule has 47 heavy (non-hydrogen) atoms. The summed E-state index contributed by atoms with van der Waals surface area (Å²) in [6.45, 7) is 0.0630. The van der Waals surface area contributed by atoms with Gasteiger partial charge in [0.2, 0.25) is 5.75 Å². The monoisotopic (exact) mass is 640 g/mol. The third kappa shape index (κ3) is 8.57. The van der Waals surface area contributed by atoms with Gasteiger partial charge in [-0.25, -0.2) is 0 Å². The Morgan fingerprint density at radius 1 is 0.830 bits per heavy atom. The molecule has 248 valence electrons.